The van der Waals surface area contributed by atoms with Gasteiger partial charge in [0.05, 0.1) is 27.5 Å². The first-order valence-electron chi connectivity index (χ1n) is 11.6. The Kier molecular flexibility index (Phi) is 6.84. The van der Waals surface area contributed by atoms with Gasteiger partial charge in [0.15, 0.2) is 10.7 Å². The van der Waals surface area contributed by atoms with Crippen LogP contribution in [0.25, 0.3) is 16.6 Å². The molecule has 0 amide bonds. The summed E-state index contributed by atoms with van der Waals surface area (Å²) in [5, 5.41) is 3.30. The molecular weight excluding hydrogens is 500 g/mol. The van der Waals surface area contributed by atoms with Crippen molar-refractivity contribution in [3.63, 3.8) is 0 Å². The third-order valence-electron chi connectivity index (χ3n) is 5.84. The largest absolute Gasteiger partial charge is 0.382 e. The number of nitrogen functional groups attached to an aromatic ring is 1. The van der Waals surface area contributed by atoms with Crippen molar-refractivity contribution < 1.29 is 8.42 Å². The van der Waals surface area contributed by atoms with Gasteiger partial charge in [-0.2, -0.15) is 0 Å². The molecule has 0 saturated heterocycles. The first-order chi connectivity index (χ1) is 18.4. The molecule has 1 atom stereocenters. The number of aromatic nitrogens is 4. The van der Waals surface area contributed by atoms with E-state index in [4.69, 9.17) is 10.7 Å². The van der Waals surface area contributed by atoms with Crippen LogP contribution in [0, 0.1) is 11.8 Å². The highest BCUT2D eigenvalue weighted by atomic mass is 32.2. The predicted octanol–water partition coefficient (Wildman–Crippen LogP) is 3.30. The lowest BCUT2D eigenvalue weighted by atomic mass is 10.1. The van der Waals surface area contributed by atoms with Crippen molar-refractivity contribution in [2.24, 2.45) is 0 Å². The third kappa shape index (κ3) is 4.83. The second-order valence-electron chi connectivity index (χ2n) is 8.34. The Balaban J connectivity index is 1.65. The topological polar surface area (TPSA) is 133 Å². The van der Waals surface area contributed by atoms with Crippen molar-refractivity contribution in [1.82, 2.24) is 19.5 Å². The number of nitrogens with two attached hydrogens (primary N) is 1. The standard InChI is InChI=1S/C28H22N6O3S/c1-18(32-26-21(25(29)30-17-31-26)16-15-19-9-4-2-5-10-19)27-33-22-13-8-14-23(38(36)37)24(22)28(35)34(27)20-11-6-3-7-12-20/h2-14,17-18,38H,1H3,(H3,29,30,31,32). The highest BCUT2D eigenvalue weighted by Gasteiger charge is 2.21. The van der Waals surface area contributed by atoms with Gasteiger partial charge in [0, 0.05) is 5.56 Å². The zero-order chi connectivity index (χ0) is 26.6. The minimum atomic E-state index is -3.00. The Bertz CT molecular complexity index is 1830. The highest BCUT2D eigenvalue weighted by Crippen LogP contribution is 2.25. The molecule has 5 rings (SSSR count). The van der Waals surface area contributed by atoms with Crippen molar-refractivity contribution in [2.75, 3.05) is 11.1 Å². The van der Waals surface area contributed by atoms with Gasteiger partial charge in [0.2, 0.25) is 0 Å². The summed E-state index contributed by atoms with van der Waals surface area (Å²) in [7, 11) is -3.00. The van der Waals surface area contributed by atoms with Crippen LogP contribution in [0.1, 0.15) is 29.9 Å². The molecule has 0 fully saturated rings. The number of hydrogen-bond donors (Lipinski definition) is 3. The van der Waals surface area contributed by atoms with Gasteiger partial charge in [-0.15, -0.1) is 0 Å². The quantitative estimate of drug-likeness (QED) is 0.237. The zero-order valence-corrected chi connectivity index (χ0v) is 21.1. The molecule has 10 heteroatoms. The summed E-state index contributed by atoms with van der Waals surface area (Å²) in [6, 6.07) is 22.4. The molecule has 2 heterocycles. The summed E-state index contributed by atoms with van der Waals surface area (Å²) in [4.78, 5) is 26.8. The Morgan fingerprint density at radius 3 is 2.34 bits per heavy atom. The summed E-state index contributed by atoms with van der Waals surface area (Å²) in [6.45, 7) is 1.82. The summed E-state index contributed by atoms with van der Waals surface area (Å²) in [5.74, 6) is 7.04. The molecule has 0 aliphatic carbocycles. The maximum absolute atomic E-state index is 13.8. The fourth-order valence-corrected chi connectivity index (χ4v) is 4.66. The van der Waals surface area contributed by atoms with Gasteiger partial charge >= 0.3 is 0 Å². The van der Waals surface area contributed by atoms with Crippen molar-refractivity contribution in [3.05, 3.63) is 112 Å². The smallest absolute Gasteiger partial charge is 0.267 e. The average molecular weight is 523 g/mol. The highest BCUT2D eigenvalue weighted by molar-refractivity contribution is 7.72. The molecule has 188 valence electrons. The van der Waals surface area contributed by atoms with Gasteiger partial charge in [-0.05, 0) is 43.3 Å². The molecule has 1 unspecified atom stereocenters. The maximum atomic E-state index is 13.8. The van der Waals surface area contributed by atoms with Crippen molar-refractivity contribution >= 4 is 33.2 Å². The molecule has 3 aromatic carbocycles. The molecule has 5 aromatic rings. The molecule has 0 spiro atoms. The van der Waals surface area contributed by atoms with E-state index in [9.17, 15) is 13.2 Å². The van der Waals surface area contributed by atoms with Crippen LogP contribution in [-0.2, 0) is 10.7 Å². The van der Waals surface area contributed by atoms with Crippen LogP contribution in [0.4, 0.5) is 11.6 Å². The molecule has 0 saturated carbocycles. The Hall–Kier alpha value is -5.01. The lowest BCUT2D eigenvalue weighted by Gasteiger charge is -2.21. The second kappa shape index (κ2) is 10.5. The molecule has 0 aliphatic heterocycles. The number of benzene rings is 3. The molecule has 9 nitrogen and oxygen atoms in total. The minimum absolute atomic E-state index is 0.0316. The van der Waals surface area contributed by atoms with Crippen LogP contribution >= 0.6 is 0 Å². The van der Waals surface area contributed by atoms with Crippen molar-refractivity contribution in [1.29, 1.82) is 0 Å². The van der Waals surface area contributed by atoms with Crippen LogP contribution in [0.15, 0.2) is 94.9 Å². The first kappa shape index (κ1) is 24.7. The Morgan fingerprint density at radius 1 is 0.921 bits per heavy atom. The molecule has 2 aromatic heterocycles. The average Bonchev–Trinajstić information content (AvgIpc) is 2.93. The van der Waals surface area contributed by atoms with E-state index in [1.54, 1.807) is 36.4 Å². The van der Waals surface area contributed by atoms with E-state index in [0.29, 0.717) is 22.9 Å². The second-order valence-corrected chi connectivity index (χ2v) is 9.34. The fourth-order valence-electron chi connectivity index (χ4n) is 4.06. The van der Waals surface area contributed by atoms with Crippen molar-refractivity contribution in [2.45, 2.75) is 17.9 Å². The van der Waals surface area contributed by atoms with Gasteiger partial charge in [-0.3, -0.25) is 9.36 Å². The van der Waals surface area contributed by atoms with Gasteiger partial charge in [0.25, 0.3) is 5.56 Å². The number of hydrogen-bond acceptors (Lipinski definition) is 8. The normalized spacial score (nSPS) is 11.6. The molecule has 38 heavy (non-hydrogen) atoms. The first-order valence-corrected chi connectivity index (χ1v) is 12.8. The van der Waals surface area contributed by atoms with Gasteiger partial charge in [-0.25, -0.2) is 23.4 Å². The number of rotatable bonds is 5. The van der Waals surface area contributed by atoms with E-state index in [1.165, 1.54) is 17.0 Å². The summed E-state index contributed by atoms with van der Waals surface area (Å²) in [5.41, 5.74) is 7.67. The molecule has 3 N–H and O–H groups in total. The SMILES string of the molecule is CC(Nc1ncnc(N)c1C#Cc1ccccc1)c1nc2cccc([SH](=O)=O)c2c(=O)n1-c1ccccc1. The number of nitrogens with one attached hydrogen (secondary N) is 1. The Labute approximate surface area is 220 Å². The molecule has 0 aliphatic rings. The van der Waals surface area contributed by atoms with E-state index in [0.717, 1.165) is 5.56 Å². The van der Waals surface area contributed by atoms with Crippen LogP contribution in [0.5, 0.6) is 0 Å². The number of thiol groups is 1. The van der Waals surface area contributed by atoms with Gasteiger partial charge in [0.1, 0.15) is 29.4 Å². The zero-order valence-electron chi connectivity index (χ0n) is 20.2. The summed E-state index contributed by atoms with van der Waals surface area (Å²) >= 11 is 0. The molecular formula is C28H22N6O3S. The maximum Gasteiger partial charge on any atom is 0.267 e. The number of para-hydroxylation sites is 1. The summed E-state index contributed by atoms with van der Waals surface area (Å²) < 4.78 is 25.2. The Morgan fingerprint density at radius 2 is 1.63 bits per heavy atom. The number of nitrogens with zero attached hydrogens (tertiary/aromatic N) is 4. The van der Waals surface area contributed by atoms with E-state index in [-0.39, 0.29) is 21.6 Å². The summed E-state index contributed by atoms with van der Waals surface area (Å²) in [6.07, 6.45) is 1.33. The van der Waals surface area contributed by atoms with Crippen molar-refractivity contribution in [3.8, 4) is 17.5 Å². The number of anilines is 2. The lowest BCUT2D eigenvalue weighted by molar-refractivity contribution is 0.615. The van der Waals surface area contributed by atoms with E-state index >= 15 is 0 Å². The van der Waals surface area contributed by atoms with Crippen LogP contribution < -0.4 is 16.6 Å². The molecule has 0 radical (unpaired) electrons. The van der Waals surface area contributed by atoms with E-state index in [2.05, 4.69) is 27.1 Å². The third-order valence-corrected chi connectivity index (χ3v) is 6.60. The van der Waals surface area contributed by atoms with Crippen LogP contribution in [0.2, 0.25) is 0 Å². The minimum Gasteiger partial charge on any atom is -0.382 e. The lowest BCUT2D eigenvalue weighted by Crippen LogP contribution is -2.28. The van der Waals surface area contributed by atoms with E-state index < -0.39 is 22.3 Å². The van der Waals surface area contributed by atoms with E-state index in [1.807, 2.05) is 43.3 Å². The predicted molar refractivity (Wildman–Crippen MR) is 147 cm³/mol. The van der Waals surface area contributed by atoms with Crippen LogP contribution in [-0.4, -0.2) is 27.9 Å². The molecule has 0 bridgehead atoms. The monoisotopic (exact) mass is 522 g/mol. The fraction of sp³-hybridized carbons (Fsp3) is 0.0714. The van der Waals surface area contributed by atoms with Crippen LogP contribution in [0.3, 0.4) is 0 Å². The van der Waals surface area contributed by atoms with Gasteiger partial charge in [-0.1, -0.05) is 54.3 Å². The number of fused-ring (bicyclic) bond motifs is 1. The van der Waals surface area contributed by atoms with Gasteiger partial charge < -0.3 is 11.1 Å².